The highest BCUT2D eigenvalue weighted by molar-refractivity contribution is 6.01. The van der Waals surface area contributed by atoms with Gasteiger partial charge >= 0.3 is 0 Å². The number of carbonyl (C=O) groups excluding carboxylic acids is 1. The lowest BCUT2D eigenvalue weighted by Crippen LogP contribution is -2.08. The van der Waals surface area contributed by atoms with Gasteiger partial charge in [0.25, 0.3) is 0 Å². The normalized spacial score (nSPS) is 10.8. The lowest BCUT2D eigenvalue weighted by atomic mass is 10.2. The van der Waals surface area contributed by atoms with Gasteiger partial charge in [-0.15, -0.1) is 0 Å². The Morgan fingerprint density at radius 3 is 2.10 bits per heavy atom. The first-order chi connectivity index (χ1) is 9.52. The van der Waals surface area contributed by atoms with Crippen molar-refractivity contribution in [1.29, 1.82) is 0 Å². The summed E-state index contributed by atoms with van der Waals surface area (Å²) in [6.45, 7) is 0. The predicted octanol–water partition coefficient (Wildman–Crippen LogP) is 3.76. The lowest BCUT2D eigenvalue weighted by molar-refractivity contribution is -0.111. The summed E-state index contributed by atoms with van der Waals surface area (Å²) in [7, 11) is 0. The predicted molar refractivity (Wildman–Crippen MR) is 70.4 cm³/mol. The van der Waals surface area contributed by atoms with Crippen LogP contribution < -0.4 is 5.32 Å². The maximum atomic E-state index is 12.9. The lowest BCUT2D eigenvalue weighted by Gasteiger charge is -2.02. The zero-order valence-electron chi connectivity index (χ0n) is 10.2. The fourth-order valence-corrected chi connectivity index (χ4v) is 1.56. The van der Waals surface area contributed by atoms with E-state index in [-0.39, 0.29) is 11.5 Å². The molecule has 2 rings (SSSR count). The smallest absolute Gasteiger partial charge is 0.248 e. The third-order valence-corrected chi connectivity index (χ3v) is 2.43. The standard InChI is InChI=1S/C15H10F3NO/c16-11-4-1-10(2-5-11)3-6-15(20)19-14-8-12(17)7-13(18)9-14/h1-9H,(H,19,20)/b6-3+. The molecule has 0 aliphatic rings. The number of hydrogen-bond acceptors (Lipinski definition) is 1. The van der Waals surface area contributed by atoms with Crippen LogP contribution in [0, 0.1) is 17.5 Å². The second kappa shape index (κ2) is 6.06. The van der Waals surface area contributed by atoms with Crippen molar-refractivity contribution in [2.24, 2.45) is 0 Å². The first kappa shape index (κ1) is 13.9. The molecule has 5 heteroatoms. The number of nitrogens with one attached hydrogen (secondary N) is 1. The van der Waals surface area contributed by atoms with Gasteiger partial charge in [0.15, 0.2) is 0 Å². The Kier molecular flexibility index (Phi) is 4.20. The van der Waals surface area contributed by atoms with E-state index in [2.05, 4.69) is 5.32 Å². The van der Waals surface area contributed by atoms with Crippen molar-refractivity contribution in [1.82, 2.24) is 0 Å². The molecule has 0 atom stereocenters. The van der Waals surface area contributed by atoms with E-state index in [9.17, 15) is 18.0 Å². The van der Waals surface area contributed by atoms with Gasteiger partial charge in [-0.05, 0) is 35.9 Å². The molecule has 1 amide bonds. The summed E-state index contributed by atoms with van der Waals surface area (Å²) in [5.41, 5.74) is 0.656. The van der Waals surface area contributed by atoms with Crippen LogP contribution in [0.15, 0.2) is 48.5 Å². The minimum absolute atomic E-state index is 0.0243. The van der Waals surface area contributed by atoms with Crippen molar-refractivity contribution in [2.45, 2.75) is 0 Å². The minimum atomic E-state index is -0.775. The molecule has 0 aliphatic carbocycles. The van der Waals surface area contributed by atoms with Gasteiger partial charge in [0.2, 0.25) is 5.91 Å². The fourth-order valence-electron chi connectivity index (χ4n) is 1.56. The van der Waals surface area contributed by atoms with Crippen molar-refractivity contribution in [3.8, 4) is 0 Å². The third-order valence-electron chi connectivity index (χ3n) is 2.43. The number of rotatable bonds is 3. The van der Waals surface area contributed by atoms with E-state index < -0.39 is 17.5 Å². The number of halogens is 3. The maximum Gasteiger partial charge on any atom is 0.248 e. The van der Waals surface area contributed by atoms with E-state index in [0.717, 1.165) is 12.1 Å². The number of anilines is 1. The van der Waals surface area contributed by atoms with E-state index in [4.69, 9.17) is 0 Å². The summed E-state index contributed by atoms with van der Waals surface area (Å²) in [6, 6.07) is 8.25. The zero-order valence-corrected chi connectivity index (χ0v) is 10.2. The van der Waals surface area contributed by atoms with Crippen LogP contribution in [0.4, 0.5) is 18.9 Å². The van der Waals surface area contributed by atoms with Gasteiger partial charge in [0.1, 0.15) is 17.5 Å². The maximum absolute atomic E-state index is 12.9. The van der Waals surface area contributed by atoms with E-state index >= 15 is 0 Å². The van der Waals surface area contributed by atoms with Crippen LogP contribution in [-0.4, -0.2) is 5.91 Å². The molecule has 2 aromatic carbocycles. The number of carbonyl (C=O) groups is 1. The van der Waals surface area contributed by atoms with Gasteiger partial charge in [-0.2, -0.15) is 0 Å². The van der Waals surface area contributed by atoms with Crippen LogP contribution in [0.5, 0.6) is 0 Å². The average molecular weight is 277 g/mol. The van der Waals surface area contributed by atoms with Crippen LogP contribution in [0.2, 0.25) is 0 Å². The monoisotopic (exact) mass is 277 g/mol. The van der Waals surface area contributed by atoms with E-state index in [0.29, 0.717) is 11.6 Å². The zero-order chi connectivity index (χ0) is 14.5. The summed E-state index contributed by atoms with van der Waals surface area (Å²) in [4.78, 5) is 11.6. The second-order valence-electron chi connectivity index (χ2n) is 4.03. The van der Waals surface area contributed by atoms with Crippen molar-refractivity contribution in [2.75, 3.05) is 5.32 Å². The van der Waals surface area contributed by atoms with E-state index in [1.54, 1.807) is 0 Å². The molecule has 0 heterocycles. The molecule has 20 heavy (non-hydrogen) atoms. The molecule has 0 fully saturated rings. The molecule has 1 N–H and O–H groups in total. The molecule has 0 aromatic heterocycles. The molecule has 0 spiro atoms. The van der Waals surface area contributed by atoms with Crippen LogP contribution in [-0.2, 0) is 4.79 Å². The minimum Gasteiger partial charge on any atom is -0.322 e. The Labute approximate surface area is 113 Å². The Morgan fingerprint density at radius 2 is 1.50 bits per heavy atom. The molecule has 0 unspecified atom stereocenters. The van der Waals surface area contributed by atoms with Gasteiger partial charge in [0, 0.05) is 17.8 Å². The molecule has 0 bridgehead atoms. The molecule has 102 valence electrons. The van der Waals surface area contributed by atoms with Crippen LogP contribution in [0.3, 0.4) is 0 Å². The summed E-state index contributed by atoms with van der Waals surface area (Å²) >= 11 is 0. The molecule has 0 aliphatic heterocycles. The molecule has 0 saturated carbocycles. The Bertz CT molecular complexity index is 630. The Balaban J connectivity index is 2.03. The number of benzene rings is 2. The largest absolute Gasteiger partial charge is 0.322 e. The van der Waals surface area contributed by atoms with Gasteiger partial charge in [-0.1, -0.05) is 12.1 Å². The van der Waals surface area contributed by atoms with Crippen molar-refractivity contribution >= 4 is 17.7 Å². The summed E-state index contributed by atoms with van der Waals surface area (Å²) in [6.07, 6.45) is 2.65. The van der Waals surface area contributed by atoms with E-state index in [1.165, 1.54) is 36.4 Å². The van der Waals surface area contributed by atoms with Gasteiger partial charge in [0.05, 0.1) is 0 Å². The summed E-state index contributed by atoms with van der Waals surface area (Å²) in [5.74, 6) is -2.47. The highest BCUT2D eigenvalue weighted by Crippen LogP contribution is 2.13. The highest BCUT2D eigenvalue weighted by Gasteiger charge is 2.02. The SMILES string of the molecule is O=C(/C=C/c1ccc(F)cc1)Nc1cc(F)cc(F)c1. The van der Waals surface area contributed by atoms with Gasteiger partial charge in [-0.3, -0.25) is 4.79 Å². The quantitative estimate of drug-likeness (QED) is 0.850. The average Bonchev–Trinajstić information content (AvgIpc) is 2.37. The fraction of sp³-hybridized carbons (Fsp3) is 0. The second-order valence-corrected chi connectivity index (χ2v) is 4.03. The molecular formula is C15H10F3NO. The first-order valence-corrected chi connectivity index (χ1v) is 5.74. The van der Waals surface area contributed by atoms with Gasteiger partial charge < -0.3 is 5.32 Å². The summed E-state index contributed by atoms with van der Waals surface area (Å²) < 4.78 is 38.5. The molecule has 2 aromatic rings. The van der Waals surface area contributed by atoms with Crippen LogP contribution in [0.25, 0.3) is 6.08 Å². The molecule has 2 nitrogen and oxygen atoms in total. The molecule has 0 radical (unpaired) electrons. The number of hydrogen-bond donors (Lipinski definition) is 1. The van der Waals surface area contributed by atoms with Gasteiger partial charge in [-0.25, -0.2) is 13.2 Å². The molecular weight excluding hydrogens is 267 g/mol. The topological polar surface area (TPSA) is 29.1 Å². The summed E-state index contributed by atoms with van der Waals surface area (Å²) in [5, 5.41) is 2.33. The Hall–Kier alpha value is -2.56. The first-order valence-electron chi connectivity index (χ1n) is 5.74. The van der Waals surface area contributed by atoms with Crippen molar-refractivity contribution in [3.05, 3.63) is 71.6 Å². The van der Waals surface area contributed by atoms with Crippen molar-refractivity contribution < 1.29 is 18.0 Å². The Morgan fingerprint density at radius 1 is 0.900 bits per heavy atom. The molecule has 0 saturated heterocycles. The van der Waals surface area contributed by atoms with E-state index in [1.807, 2.05) is 0 Å². The van der Waals surface area contributed by atoms with Crippen LogP contribution >= 0.6 is 0 Å². The highest BCUT2D eigenvalue weighted by atomic mass is 19.1. The van der Waals surface area contributed by atoms with Crippen molar-refractivity contribution in [3.63, 3.8) is 0 Å². The van der Waals surface area contributed by atoms with Crippen LogP contribution in [0.1, 0.15) is 5.56 Å². The number of amides is 1. The third kappa shape index (κ3) is 3.98.